The second-order valence-electron chi connectivity index (χ2n) is 4.65. The number of rotatable bonds is 2. The van der Waals surface area contributed by atoms with Gasteiger partial charge in [-0.2, -0.15) is 4.98 Å². The van der Waals surface area contributed by atoms with E-state index < -0.39 is 0 Å². The molecule has 0 unspecified atom stereocenters. The third-order valence-corrected chi connectivity index (χ3v) is 4.06. The molecule has 18 heavy (non-hydrogen) atoms. The summed E-state index contributed by atoms with van der Waals surface area (Å²) in [4.78, 5) is 11.6. The van der Waals surface area contributed by atoms with Gasteiger partial charge in [-0.1, -0.05) is 0 Å². The van der Waals surface area contributed by atoms with Crippen LogP contribution in [-0.2, 0) is 0 Å². The number of aromatic nitrogens is 2. The van der Waals surface area contributed by atoms with Crippen LogP contribution < -0.4 is 10.5 Å². The highest BCUT2D eigenvalue weighted by Crippen LogP contribution is 2.29. The number of piperidine rings is 1. The summed E-state index contributed by atoms with van der Waals surface area (Å²) in [5.74, 6) is 0.918. The van der Waals surface area contributed by atoms with Crippen molar-refractivity contribution in [1.82, 2.24) is 14.9 Å². The lowest BCUT2D eigenvalue weighted by molar-refractivity contribution is 0.111. The van der Waals surface area contributed by atoms with Gasteiger partial charge in [-0.25, -0.2) is 4.98 Å². The molecular weight excluding hydrogens is 248 g/mol. The molecule has 0 spiro atoms. The number of fused-ring (bicyclic) bond motifs is 1. The number of ether oxygens (including phenoxy) is 1. The summed E-state index contributed by atoms with van der Waals surface area (Å²) < 4.78 is 6.00. The Bertz CT molecular complexity index is 548. The first-order valence-electron chi connectivity index (χ1n) is 6.08. The molecule has 0 atom stereocenters. The molecule has 1 fully saturated rings. The molecule has 3 heterocycles. The molecular formula is C12H16N4OS. The minimum absolute atomic E-state index is 0.235. The highest BCUT2D eigenvalue weighted by Gasteiger charge is 2.20. The second-order valence-corrected chi connectivity index (χ2v) is 5.54. The first-order chi connectivity index (χ1) is 8.72. The normalized spacial score (nSPS) is 18.3. The van der Waals surface area contributed by atoms with Gasteiger partial charge in [0.05, 0.1) is 5.39 Å². The average Bonchev–Trinajstić information content (AvgIpc) is 2.80. The Morgan fingerprint density at radius 1 is 1.39 bits per heavy atom. The standard InChI is InChI=1S/C12H16N4OS/c1-16-5-2-8(3-6-16)17-10-9-4-7-18-11(9)15-12(13)14-10/h4,7-8H,2-3,5-6H2,1H3,(H2,13,14,15). The van der Waals surface area contributed by atoms with Gasteiger partial charge in [-0.15, -0.1) is 11.3 Å². The molecule has 2 N–H and O–H groups in total. The van der Waals surface area contributed by atoms with Crippen LogP contribution >= 0.6 is 11.3 Å². The predicted molar refractivity (Wildman–Crippen MR) is 73.0 cm³/mol. The molecule has 0 amide bonds. The van der Waals surface area contributed by atoms with E-state index in [4.69, 9.17) is 10.5 Å². The van der Waals surface area contributed by atoms with Crippen molar-refractivity contribution in [2.24, 2.45) is 0 Å². The molecule has 0 saturated carbocycles. The minimum Gasteiger partial charge on any atom is -0.474 e. The van der Waals surface area contributed by atoms with Crippen LogP contribution in [0.5, 0.6) is 5.88 Å². The van der Waals surface area contributed by atoms with Gasteiger partial charge in [-0.05, 0) is 31.3 Å². The zero-order valence-corrected chi connectivity index (χ0v) is 11.1. The maximum Gasteiger partial charge on any atom is 0.227 e. The molecule has 6 heteroatoms. The fraction of sp³-hybridized carbons (Fsp3) is 0.500. The van der Waals surface area contributed by atoms with Crippen LogP contribution in [0, 0.1) is 0 Å². The van der Waals surface area contributed by atoms with Gasteiger partial charge in [0.1, 0.15) is 10.9 Å². The molecule has 0 aliphatic carbocycles. The lowest BCUT2D eigenvalue weighted by Crippen LogP contribution is -2.35. The molecule has 2 aromatic heterocycles. The van der Waals surface area contributed by atoms with Crippen molar-refractivity contribution in [3.05, 3.63) is 11.4 Å². The summed E-state index contributed by atoms with van der Waals surface area (Å²) in [6.07, 6.45) is 2.30. The topological polar surface area (TPSA) is 64.3 Å². The highest BCUT2D eigenvalue weighted by molar-refractivity contribution is 7.16. The van der Waals surface area contributed by atoms with Crippen molar-refractivity contribution in [3.63, 3.8) is 0 Å². The van der Waals surface area contributed by atoms with Gasteiger partial charge >= 0.3 is 0 Å². The van der Waals surface area contributed by atoms with Gasteiger partial charge < -0.3 is 15.4 Å². The van der Waals surface area contributed by atoms with Crippen molar-refractivity contribution < 1.29 is 4.74 Å². The number of hydrogen-bond donors (Lipinski definition) is 1. The lowest BCUT2D eigenvalue weighted by Gasteiger charge is -2.29. The molecule has 5 nitrogen and oxygen atoms in total. The summed E-state index contributed by atoms with van der Waals surface area (Å²) in [7, 11) is 2.13. The smallest absolute Gasteiger partial charge is 0.227 e. The largest absolute Gasteiger partial charge is 0.474 e. The molecule has 1 aliphatic rings. The van der Waals surface area contributed by atoms with E-state index in [0.29, 0.717) is 5.88 Å². The van der Waals surface area contributed by atoms with Crippen LogP contribution in [0.2, 0.25) is 0 Å². The fourth-order valence-corrected chi connectivity index (χ4v) is 2.96. The number of nitrogens with zero attached hydrogens (tertiary/aromatic N) is 3. The monoisotopic (exact) mass is 264 g/mol. The van der Waals surface area contributed by atoms with Crippen molar-refractivity contribution in [3.8, 4) is 5.88 Å². The van der Waals surface area contributed by atoms with Gasteiger partial charge in [0.25, 0.3) is 0 Å². The number of nitrogens with two attached hydrogens (primary N) is 1. The summed E-state index contributed by atoms with van der Waals surface area (Å²) in [6.45, 7) is 2.13. The van der Waals surface area contributed by atoms with Gasteiger partial charge in [0.2, 0.25) is 11.8 Å². The SMILES string of the molecule is CN1CCC(Oc2nc(N)nc3sccc23)CC1. The average molecular weight is 264 g/mol. The Morgan fingerprint density at radius 2 is 2.17 bits per heavy atom. The summed E-state index contributed by atoms with van der Waals surface area (Å²) in [5, 5.41) is 2.95. The number of hydrogen-bond acceptors (Lipinski definition) is 6. The van der Waals surface area contributed by atoms with Gasteiger partial charge in [0, 0.05) is 13.1 Å². The van der Waals surface area contributed by atoms with E-state index in [2.05, 4.69) is 21.9 Å². The fourth-order valence-electron chi connectivity index (χ4n) is 2.19. The molecule has 2 aromatic rings. The van der Waals surface area contributed by atoms with E-state index >= 15 is 0 Å². The second kappa shape index (κ2) is 4.70. The molecule has 1 saturated heterocycles. The third kappa shape index (κ3) is 2.26. The van der Waals surface area contributed by atoms with Gasteiger partial charge in [-0.3, -0.25) is 0 Å². The molecule has 0 aromatic carbocycles. The quantitative estimate of drug-likeness (QED) is 0.895. The maximum atomic E-state index is 6.00. The number of thiophene rings is 1. The summed E-state index contributed by atoms with van der Waals surface area (Å²) >= 11 is 1.56. The number of anilines is 1. The predicted octanol–water partition coefficient (Wildman–Crippen LogP) is 1.75. The minimum atomic E-state index is 0.235. The Kier molecular flexibility index (Phi) is 3.05. The number of nitrogen functional groups attached to an aromatic ring is 1. The Morgan fingerprint density at radius 3 is 2.94 bits per heavy atom. The summed E-state index contributed by atoms with van der Waals surface area (Å²) in [5.41, 5.74) is 5.71. The van der Waals surface area contributed by atoms with Crippen molar-refractivity contribution in [2.75, 3.05) is 25.9 Å². The highest BCUT2D eigenvalue weighted by atomic mass is 32.1. The zero-order valence-electron chi connectivity index (χ0n) is 10.3. The summed E-state index contributed by atoms with van der Waals surface area (Å²) in [6, 6.07) is 1.99. The molecule has 3 rings (SSSR count). The van der Waals surface area contributed by atoms with Crippen molar-refractivity contribution in [2.45, 2.75) is 18.9 Å². The first kappa shape index (κ1) is 11.7. The zero-order chi connectivity index (χ0) is 12.5. The van der Waals surface area contributed by atoms with Crippen molar-refractivity contribution >= 4 is 27.5 Å². The lowest BCUT2D eigenvalue weighted by atomic mass is 10.1. The Labute approximate surface area is 110 Å². The maximum absolute atomic E-state index is 6.00. The molecule has 1 aliphatic heterocycles. The Balaban J connectivity index is 1.83. The molecule has 96 valence electrons. The Hall–Kier alpha value is -1.40. The van der Waals surface area contributed by atoms with Gasteiger partial charge in [0.15, 0.2) is 0 Å². The van der Waals surface area contributed by atoms with E-state index in [1.165, 1.54) is 0 Å². The van der Waals surface area contributed by atoms with E-state index in [-0.39, 0.29) is 12.1 Å². The van der Waals surface area contributed by atoms with Crippen LogP contribution in [0.15, 0.2) is 11.4 Å². The van der Waals surface area contributed by atoms with E-state index in [1.54, 1.807) is 11.3 Å². The van der Waals surface area contributed by atoms with Crippen LogP contribution in [0.25, 0.3) is 10.2 Å². The van der Waals surface area contributed by atoms with E-state index in [1.807, 2.05) is 11.4 Å². The van der Waals surface area contributed by atoms with Crippen molar-refractivity contribution in [1.29, 1.82) is 0 Å². The number of likely N-dealkylation sites (tertiary alicyclic amines) is 1. The van der Waals surface area contributed by atoms with Crippen LogP contribution in [0.3, 0.4) is 0 Å². The van der Waals surface area contributed by atoms with Crippen LogP contribution in [-0.4, -0.2) is 41.1 Å². The van der Waals surface area contributed by atoms with E-state index in [9.17, 15) is 0 Å². The van der Waals surface area contributed by atoms with E-state index in [0.717, 1.165) is 36.1 Å². The molecule has 0 bridgehead atoms. The van der Waals surface area contributed by atoms with Crippen LogP contribution in [0.1, 0.15) is 12.8 Å². The first-order valence-corrected chi connectivity index (χ1v) is 6.96. The molecule has 0 radical (unpaired) electrons. The third-order valence-electron chi connectivity index (χ3n) is 3.25. The van der Waals surface area contributed by atoms with Crippen LogP contribution in [0.4, 0.5) is 5.95 Å².